The Kier molecular flexibility index (Phi) is 2.94. The Bertz CT molecular complexity index is 728. The summed E-state index contributed by atoms with van der Waals surface area (Å²) in [6.07, 6.45) is 6.72. The first-order valence-corrected chi connectivity index (χ1v) is 9.08. The van der Waals surface area contributed by atoms with E-state index in [1.54, 1.807) is 6.07 Å². The minimum atomic E-state index is -0.0527. The van der Waals surface area contributed by atoms with Crippen LogP contribution in [0.15, 0.2) is 24.3 Å². The van der Waals surface area contributed by atoms with Gasteiger partial charge in [-0.2, -0.15) is 0 Å². The van der Waals surface area contributed by atoms with Gasteiger partial charge >= 0.3 is 0 Å². The summed E-state index contributed by atoms with van der Waals surface area (Å²) in [5, 5.41) is 10.4. The molecule has 0 saturated carbocycles. The molecule has 1 aromatic carbocycles. The highest BCUT2D eigenvalue weighted by Gasteiger charge is 2.64. The van der Waals surface area contributed by atoms with Gasteiger partial charge in [0, 0.05) is 22.9 Å². The topological polar surface area (TPSA) is 41.9 Å². The van der Waals surface area contributed by atoms with Gasteiger partial charge < -0.3 is 19.5 Å². The lowest BCUT2D eigenvalue weighted by atomic mass is 9.53. The van der Waals surface area contributed by atoms with E-state index < -0.39 is 0 Å². The van der Waals surface area contributed by atoms with Gasteiger partial charge in [0.15, 0.2) is 11.5 Å². The maximum Gasteiger partial charge on any atom is 0.165 e. The Morgan fingerprint density at radius 3 is 2.96 bits per heavy atom. The number of ether oxygens (including phenoxy) is 2. The van der Waals surface area contributed by atoms with Crippen molar-refractivity contribution in [1.29, 1.82) is 0 Å². The summed E-state index contributed by atoms with van der Waals surface area (Å²) in [6.45, 7) is 5.21. The molecule has 1 saturated heterocycles. The number of aromatic hydroxyl groups is 1. The Balaban J connectivity index is 1.73. The van der Waals surface area contributed by atoms with Crippen molar-refractivity contribution in [2.45, 2.75) is 56.5 Å². The molecule has 128 valence electrons. The van der Waals surface area contributed by atoms with Gasteiger partial charge in [0.05, 0.1) is 6.10 Å². The van der Waals surface area contributed by atoms with Gasteiger partial charge in [0.1, 0.15) is 12.2 Å². The second-order valence-electron chi connectivity index (χ2n) is 8.09. The quantitative estimate of drug-likeness (QED) is 0.848. The van der Waals surface area contributed by atoms with Crippen molar-refractivity contribution in [2.75, 3.05) is 13.6 Å². The molecule has 1 fully saturated rings. The number of benzene rings is 1. The van der Waals surface area contributed by atoms with E-state index in [2.05, 4.69) is 44.0 Å². The lowest BCUT2D eigenvalue weighted by Gasteiger charge is -2.57. The van der Waals surface area contributed by atoms with Crippen molar-refractivity contribution in [3.63, 3.8) is 0 Å². The van der Waals surface area contributed by atoms with Crippen LogP contribution in [-0.4, -0.2) is 48.0 Å². The van der Waals surface area contributed by atoms with E-state index in [0.717, 1.165) is 19.4 Å². The molecule has 4 aliphatic rings. The Morgan fingerprint density at radius 1 is 1.33 bits per heavy atom. The maximum absolute atomic E-state index is 10.4. The molecule has 2 aliphatic carbocycles. The van der Waals surface area contributed by atoms with E-state index in [9.17, 15) is 5.11 Å². The minimum absolute atomic E-state index is 0.0338. The van der Waals surface area contributed by atoms with Crippen molar-refractivity contribution in [1.82, 2.24) is 4.90 Å². The molecule has 2 bridgehead atoms. The predicted molar refractivity (Wildman–Crippen MR) is 91.6 cm³/mol. The molecule has 2 aliphatic heterocycles. The van der Waals surface area contributed by atoms with E-state index in [-0.39, 0.29) is 29.5 Å². The average Bonchev–Trinajstić information content (AvgIpc) is 2.89. The summed E-state index contributed by atoms with van der Waals surface area (Å²) in [5.41, 5.74) is 2.56. The number of likely N-dealkylation sites (tertiary alicyclic amines) is 1. The summed E-state index contributed by atoms with van der Waals surface area (Å²) in [4.78, 5) is 2.49. The second-order valence-corrected chi connectivity index (χ2v) is 8.09. The zero-order chi connectivity index (χ0) is 16.6. The summed E-state index contributed by atoms with van der Waals surface area (Å²) >= 11 is 0. The van der Waals surface area contributed by atoms with E-state index in [1.165, 1.54) is 11.1 Å². The largest absolute Gasteiger partial charge is 0.504 e. The van der Waals surface area contributed by atoms with Crippen LogP contribution in [0.2, 0.25) is 0 Å². The first-order chi connectivity index (χ1) is 11.5. The number of phenols is 1. The lowest BCUT2D eigenvalue weighted by molar-refractivity contribution is -0.0863. The number of phenolic OH excluding ortho intramolecular Hbond substituents is 1. The van der Waals surface area contributed by atoms with Crippen LogP contribution in [0.1, 0.15) is 31.4 Å². The van der Waals surface area contributed by atoms with E-state index >= 15 is 0 Å². The molecule has 0 radical (unpaired) electrons. The van der Waals surface area contributed by atoms with Crippen LogP contribution in [0.5, 0.6) is 11.5 Å². The third-order valence-corrected chi connectivity index (χ3v) is 6.56. The van der Waals surface area contributed by atoms with E-state index in [0.29, 0.717) is 17.7 Å². The van der Waals surface area contributed by atoms with Gasteiger partial charge in [-0.15, -0.1) is 0 Å². The smallest absolute Gasteiger partial charge is 0.165 e. The van der Waals surface area contributed by atoms with Crippen LogP contribution in [0.4, 0.5) is 0 Å². The zero-order valence-electron chi connectivity index (χ0n) is 14.5. The molecule has 1 spiro atoms. The van der Waals surface area contributed by atoms with Crippen LogP contribution >= 0.6 is 0 Å². The SMILES string of the molecule is CC(C)O[C@H]1C=C[C@H]2[C@H]3Cc4ccc(O)c5c4[C@@]2(CCN3C)[C@H]1O5. The third-order valence-electron chi connectivity index (χ3n) is 6.56. The highest BCUT2D eigenvalue weighted by molar-refractivity contribution is 5.61. The van der Waals surface area contributed by atoms with Gasteiger partial charge in [0.25, 0.3) is 0 Å². The highest BCUT2D eigenvalue weighted by Crippen LogP contribution is 2.62. The summed E-state index contributed by atoms with van der Waals surface area (Å²) in [7, 11) is 2.24. The van der Waals surface area contributed by atoms with Gasteiger partial charge in [-0.3, -0.25) is 0 Å². The molecule has 0 unspecified atom stereocenters. The van der Waals surface area contributed by atoms with E-state index in [4.69, 9.17) is 9.47 Å². The fraction of sp³-hybridized carbons (Fsp3) is 0.600. The highest BCUT2D eigenvalue weighted by atomic mass is 16.6. The molecule has 1 aromatic rings. The standard InChI is InChI=1S/C20H25NO3/c1-11(2)23-16-7-5-13-14-10-12-4-6-15(22)18-17(12)20(13,19(16)24-18)8-9-21(14)3/h4-7,11,13-14,16,19,22H,8-10H2,1-3H3/t13-,14+,16-,19-,20-/m0/s1. The van der Waals surface area contributed by atoms with Crippen LogP contribution in [-0.2, 0) is 16.6 Å². The van der Waals surface area contributed by atoms with Crippen molar-refractivity contribution >= 4 is 0 Å². The van der Waals surface area contributed by atoms with Crippen molar-refractivity contribution in [3.05, 3.63) is 35.4 Å². The molecule has 0 amide bonds. The molecule has 4 heteroatoms. The average molecular weight is 327 g/mol. The maximum atomic E-state index is 10.4. The summed E-state index contributed by atoms with van der Waals surface area (Å²) < 4.78 is 12.6. The lowest BCUT2D eigenvalue weighted by Crippen LogP contribution is -2.65. The predicted octanol–water partition coefficient (Wildman–Crippen LogP) is 2.63. The first kappa shape index (κ1) is 14.8. The number of piperidine rings is 1. The van der Waals surface area contributed by atoms with Crippen LogP contribution in [0, 0.1) is 5.92 Å². The Labute approximate surface area is 143 Å². The molecule has 24 heavy (non-hydrogen) atoms. The van der Waals surface area contributed by atoms with Gasteiger partial charge in [-0.1, -0.05) is 18.2 Å². The molecule has 1 N–H and O–H groups in total. The fourth-order valence-corrected chi connectivity index (χ4v) is 5.65. The molecule has 0 aromatic heterocycles. The number of nitrogens with zero attached hydrogens (tertiary/aromatic N) is 1. The normalized spacial score (nSPS) is 39.0. The monoisotopic (exact) mass is 327 g/mol. The first-order valence-electron chi connectivity index (χ1n) is 9.08. The number of hydrogen-bond acceptors (Lipinski definition) is 4. The van der Waals surface area contributed by atoms with Crippen LogP contribution in [0.3, 0.4) is 0 Å². The molecule has 5 rings (SSSR count). The van der Waals surface area contributed by atoms with Gasteiger partial charge in [-0.25, -0.2) is 0 Å². The molecule has 5 atom stereocenters. The Morgan fingerprint density at radius 2 is 2.17 bits per heavy atom. The van der Waals surface area contributed by atoms with Crippen molar-refractivity contribution in [3.8, 4) is 11.5 Å². The van der Waals surface area contributed by atoms with Crippen LogP contribution in [0.25, 0.3) is 0 Å². The fourth-order valence-electron chi connectivity index (χ4n) is 5.65. The molecular formula is C20H25NO3. The van der Waals surface area contributed by atoms with Crippen LogP contribution < -0.4 is 4.74 Å². The number of rotatable bonds is 2. The molecular weight excluding hydrogens is 302 g/mol. The molecule has 2 heterocycles. The minimum Gasteiger partial charge on any atom is -0.504 e. The second kappa shape index (κ2) is 4.77. The number of likely N-dealkylation sites (N-methyl/N-ethyl adjacent to an activating group) is 1. The summed E-state index contributed by atoms with van der Waals surface area (Å²) in [5.74, 6) is 1.42. The molecule has 4 nitrogen and oxygen atoms in total. The van der Waals surface area contributed by atoms with Gasteiger partial charge in [0.2, 0.25) is 0 Å². The van der Waals surface area contributed by atoms with Crippen molar-refractivity contribution < 1.29 is 14.6 Å². The third kappa shape index (κ3) is 1.66. The summed E-state index contributed by atoms with van der Waals surface area (Å²) in [6, 6.07) is 4.40. The van der Waals surface area contributed by atoms with Crippen molar-refractivity contribution in [2.24, 2.45) is 5.92 Å². The Hall–Kier alpha value is -1.52. The van der Waals surface area contributed by atoms with E-state index in [1.807, 2.05) is 0 Å². The zero-order valence-corrected chi connectivity index (χ0v) is 14.5. The van der Waals surface area contributed by atoms with Gasteiger partial charge in [-0.05, 0) is 51.9 Å². The number of hydrogen-bond donors (Lipinski definition) is 1.